The van der Waals surface area contributed by atoms with Crippen LogP contribution >= 0.6 is 0 Å². The molecule has 0 fully saturated rings. The summed E-state index contributed by atoms with van der Waals surface area (Å²) in [5.74, 6) is 0.958. The Hall–Kier alpha value is -0.560. The van der Waals surface area contributed by atoms with Crippen LogP contribution in [-0.4, -0.2) is 42.9 Å². The number of aliphatic hydroxyl groups is 1. The second kappa shape index (κ2) is 7.71. The smallest absolute Gasteiger partial charge is 0.130 e. The summed E-state index contributed by atoms with van der Waals surface area (Å²) in [5, 5.41) is 8.24. The molecule has 0 saturated heterocycles. The zero-order valence-corrected chi connectivity index (χ0v) is 11.8. The van der Waals surface area contributed by atoms with Crippen LogP contribution in [0.25, 0.3) is 0 Å². The van der Waals surface area contributed by atoms with Crippen molar-refractivity contribution in [3.05, 3.63) is 29.8 Å². The molecular weight excluding hydrogens is 260 g/mol. The van der Waals surface area contributed by atoms with Crippen LogP contribution in [0.15, 0.2) is 29.2 Å². The second-order valence-corrected chi connectivity index (χ2v) is 7.44. The van der Waals surface area contributed by atoms with Crippen LogP contribution in [-0.2, 0) is 21.0 Å². The van der Waals surface area contributed by atoms with E-state index in [0.717, 1.165) is 11.3 Å². The van der Waals surface area contributed by atoms with Gasteiger partial charge < -0.3 is 9.66 Å². The van der Waals surface area contributed by atoms with Crippen LogP contribution in [0.1, 0.15) is 5.56 Å². The fourth-order valence-electron chi connectivity index (χ4n) is 0.888. The average Bonchev–Trinajstić information content (AvgIpc) is 2.17. The topological polar surface area (TPSA) is 77.4 Å². The molecule has 0 radical (unpaired) electrons. The van der Waals surface area contributed by atoms with Gasteiger partial charge in [-0.1, -0.05) is 17.7 Å². The zero-order chi connectivity index (χ0) is 13.5. The van der Waals surface area contributed by atoms with Gasteiger partial charge in [0.15, 0.2) is 0 Å². The predicted molar refractivity (Wildman–Crippen MR) is 70.3 cm³/mol. The van der Waals surface area contributed by atoms with Crippen molar-refractivity contribution in [2.45, 2.75) is 11.8 Å². The third-order valence-electron chi connectivity index (χ3n) is 1.81. The molecule has 0 aliphatic carbocycles. The van der Waals surface area contributed by atoms with E-state index < -0.39 is 10.1 Å². The summed E-state index contributed by atoms with van der Waals surface area (Å²) in [5.41, 5.74) is 0.928. The van der Waals surface area contributed by atoms with Gasteiger partial charge in [0.25, 0.3) is 0 Å². The van der Waals surface area contributed by atoms with E-state index in [1.54, 1.807) is 12.1 Å². The van der Waals surface area contributed by atoms with Crippen molar-refractivity contribution in [2.24, 2.45) is 0 Å². The first-order valence-electron chi connectivity index (χ1n) is 4.95. The van der Waals surface area contributed by atoms with Crippen LogP contribution in [0.3, 0.4) is 0 Å². The highest BCUT2D eigenvalue weighted by Crippen LogP contribution is 2.08. The second-order valence-electron chi connectivity index (χ2n) is 3.68. The van der Waals surface area contributed by atoms with E-state index in [9.17, 15) is 13.0 Å². The van der Waals surface area contributed by atoms with Gasteiger partial charge in [-0.2, -0.15) is 0 Å². The number of aryl methyl sites for hydroxylation is 1. The molecule has 6 heteroatoms. The standard InChI is InChI=1S/C7H8O3S.C4H11OS/c1-6-2-4-7(5-3-6)11(8,9)10;1-6(2)4-3-5/h2-5H,1H3,(H,8,9,10);5H,3-4H2,1-2H3/q;+1/p-1. The van der Waals surface area contributed by atoms with Crippen molar-refractivity contribution in [2.75, 3.05) is 24.9 Å². The minimum Gasteiger partial charge on any atom is -0.744 e. The number of hydrogen-bond acceptors (Lipinski definition) is 4. The zero-order valence-electron chi connectivity index (χ0n) is 10.2. The molecule has 0 atom stereocenters. The van der Waals surface area contributed by atoms with Crippen LogP contribution in [0, 0.1) is 6.92 Å². The Labute approximate surface area is 106 Å². The van der Waals surface area contributed by atoms with Crippen LogP contribution < -0.4 is 0 Å². The first kappa shape index (κ1) is 16.4. The Morgan fingerprint density at radius 3 is 1.94 bits per heavy atom. The summed E-state index contributed by atoms with van der Waals surface area (Å²) in [6.45, 7) is 2.16. The maximum absolute atomic E-state index is 10.4. The minimum absolute atomic E-state index is 0.178. The SMILES string of the molecule is C[S+](C)CCO.Cc1ccc(S(=O)(=O)[O-])cc1. The molecule has 4 nitrogen and oxygen atoms in total. The molecule has 17 heavy (non-hydrogen) atoms. The molecule has 0 amide bonds. The van der Waals surface area contributed by atoms with Gasteiger partial charge in [-0.15, -0.1) is 0 Å². The summed E-state index contributed by atoms with van der Waals surface area (Å²) < 4.78 is 31.2. The molecule has 0 aliphatic heterocycles. The first-order chi connectivity index (χ1) is 7.77. The third kappa shape index (κ3) is 8.20. The Morgan fingerprint density at radius 1 is 1.24 bits per heavy atom. The van der Waals surface area contributed by atoms with Crippen molar-refractivity contribution in [1.82, 2.24) is 0 Å². The van der Waals surface area contributed by atoms with E-state index in [4.69, 9.17) is 5.11 Å². The monoisotopic (exact) mass is 278 g/mol. The maximum atomic E-state index is 10.4. The lowest BCUT2D eigenvalue weighted by Crippen LogP contribution is -2.04. The average molecular weight is 278 g/mol. The molecular formula is C11H18O4S2. The van der Waals surface area contributed by atoms with Gasteiger partial charge >= 0.3 is 0 Å². The largest absolute Gasteiger partial charge is 0.744 e. The minimum atomic E-state index is -4.27. The van der Waals surface area contributed by atoms with Crippen LogP contribution in [0.4, 0.5) is 0 Å². The Balaban J connectivity index is 0.000000366. The Morgan fingerprint density at radius 2 is 1.71 bits per heavy atom. The highest BCUT2D eigenvalue weighted by molar-refractivity contribution is 7.95. The molecule has 1 aromatic rings. The fraction of sp³-hybridized carbons (Fsp3) is 0.455. The van der Waals surface area contributed by atoms with E-state index in [-0.39, 0.29) is 4.90 Å². The molecule has 0 bridgehead atoms. The van der Waals surface area contributed by atoms with Crippen LogP contribution in [0.2, 0.25) is 0 Å². The van der Waals surface area contributed by atoms with E-state index >= 15 is 0 Å². The molecule has 0 unspecified atom stereocenters. The van der Waals surface area contributed by atoms with E-state index in [1.165, 1.54) is 12.1 Å². The number of hydrogen-bond donors (Lipinski definition) is 1. The maximum Gasteiger partial charge on any atom is 0.130 e. The first-order valence-corrected chi connectivity index (χ1v) is 8.57. The number of rotatable bonds is 3. The summed E-state index contributed by atoms with van der Waals surface area (Å²) >= 11 is 0. The van der Waals surface area contributed by atoms with Gasteiger partial charge in [-0.05, 0) is 30.0 Å². The normalized spacial score (nSPS) is 10.9. The molecule has 98 valence electrons. The lowest BCUT2D eigenvalue weighted by molar-refractivity contribution is 0.322. The lowest BCUT2D eigenvalue weighted by atomic mass is 10.2. The Kier molecular flexibility index (Phi) is 7.45. The molecule has 1 N–H and O–H groups in total. The number of aliphatic hydroxyl groups excluding tert-OH is 1. The quantitative estimate of drug-likeness (QED) is 0.654. The summed E-state index contributed by atoms with van der Waals surface area (Å²) in [6.07, 6.45) is 4.24. The predicted octanol–water partition coefficient (Wildman–Crippen LogP) is 0.756. The molecule has 0 heterocycles. The summed E-state index contributed by atoms with van der Waals surface area (Å²) in [6, 6.07) is 5.78. The molecule has 1 aromatic carbocycles. The van der Waals surface area contributed by atoms with Crippen molar-refractivity contribution in [1.29, 1.82) is 0 Å². The lowest BCUT2D eigenvalue weighted by Gasteiger charge is -2.05. The van der Waals surface area contributed by atoms with E-state index in [2.05, 4.69) is 12.5 Å². The Bertz CT molecular complexity index is 410. The van der Waals surface area contributed by atoms with E-state index in [0.29, 0.717) is 17.5 Å². The molecule has 0 aliphatic rings. The van der Waals surface area contributed by atoms with Crippen molar-refractivity contribution in [3.8, 4) is 0 Å². The third-order valence-corrected chi connectivity index (χ3v) is 3.66. The van der Waals surface area contributed by atoms with Gasteiger partial charge in [0, 0.05) is 0 Å². The van der Waals surface area contributed by atoms with Crippen LogP contribution in [0.5, 0.6) is 0 Å². The molecule has 0 saturated carbocycles. The molecule has 0 aromatic heterocycles. The van der Waals surface area contributed by atoms with Crippen molar-refractivity contribution in [3.63, 3.8) is 0 Å². The highest BCUT2D eigenvalue weighted by Gasteiger charge is 1.97. The van der Waals surface area contributed by atoms with Gasteiger partial charge in [-0.3, -0.25) is 0 Å². The highest BCUT2D eigenvalue weighted by atomic mass is 32.2. The van der Waals surface area contributed by atoms with Crippen molar-refractivity contribution < 1.29 is 18.1 Å². The fourth-order valence-corrected chi connectivity index (χ4v) is 1.72. The number of benzene rings is 1. The van der Waals surface area contributed by atoms with Gasteiger partial charge in [0.2, 0.25) is 0 Å². The molecule has 1 rings (SSSR count). The summed E-state index contributed by atoms with van der Waals surface area (Å²) in [7, 11) is -3.84. The van der Waals surface area contributed by atoms with Gasteiger partial charge in [-0.25, -0.2) is 8.42 Å². The summed E-state index contributed by atoms with van der Waals surface area (Å²) in [4.78, 5) is -0.178. The molecule has 0 spiro atoms. The van der Waals surface area contributed by atoms with Gasteiger partial charge in [0.05, 0.1) is 24.0 Å². The van der Waals surface area contributed by atoms with Crippen molar-refractivity contribution >= 4 is 21.0 Å². The van der Waals surface area contributed by atoms with E-state index in [1.807, 2.05) is 6.92 Å². The van der Waals surface area contributed by atoms with Gasteiger partial charge in [0.1, 0.15) is 15.9 Å².